The molecular weight excluding hydrogens is 260 g/mol. The fourth-order valence-electron chi connectivity index (χ4n) is 3.73. The Morgan fingerprint density at radius 2 is 1.57 bits per heavy atom. The van der Waals surface area contributed by atoms with Crippen molar-refractivity contribution in [3.63, 3.8) is 0 Å². The molecule has 0 radical (unpaired) electrons. The molecule has 3 aromatic rings. The molecule has 0 aliphatic carbocycles. The standard InChI is InChI=1S/C19H16O2/c1-3-8-15-13(6-1)12-14-7-2-4-9-16(14)18(15)19-17(21-19)10-5-11-20-19/h1-4,6-9,12,17H,5,10-11H2. The summed E-state index contributed by atoms with van der Waals surface area (Å²) in [6.45, 7) is 0.786. The minimum Gasteiger partial charge on any atom is -0.344 e. The molecule has 2 atom stereocenters. The van der Waals surface area contributed by atoms with E-state index < -0.39 is 5.79 Å². The van der Waals surface area contributed by atoms with Crippen LogP contribution in [0.4, 0.5) is 0 Å². The van der Waals surface area contributed by atoms with Crippen LogP contribution in [-0.4, -0.2) is 12.7 Å². The molecule has 3 aromatic carbocycles. The van der Waals surface area contributed by atoms with Gasteiger partial charge in [-0.2, -0.15) is 0 Å². The molecule has 2 aliphatic rings. The van der Waals surface area contributed by atoms with Crippen LogP contribution in [0.5, 0.6) is 0 Å². The summed E-state index contributed by atoms with van der Waals surface area (Å²) in [4.78, 5) is 0. The minimum absolute atomic E-state index is 0.223. The smallest absolute Gasteiger partial charge is 0.223 e. The van der Waals surface area contributed by atoms with E-state index in [0.29, 0.717) is 0 Å². The van der Waals surface area contributed by atoms with Crippen molar-refractivity contribution < 1.29 is 9.47 Å². The van der Waals surface area contributed by atoms with Gasteiger partial charge in [-0.15, -0.1) is 0 Å². The Morgan fingerprint density at radius 3 is 2.24 bits per heavy atom. The van der Waals surface area contributed by atoms with E-state index in [1.54, 1.807) is 0 Å². The third-order valence-electron chi connectivity index (χ3n) is 4.73. The molecule has 21 heavy (non-hydrogen) atoms. The second-order valence-corrected chi connectivity index (χ2v) is 5.96. The molecule has 5 rings (SSSR count). The summed E-state index contributed by atoms with van der Waals surface area (Å²) in [6.07, 6.45) is 2.41. The van der Waals surface area contributed by atoms with Gasteiger partial charge in [-0.3, -0.25) is 0 Å². The van der Waals surface area contributed by atoms with Crippen molar-refractivity contribution in [1.29, 1.82) is 0 Å². The number of rotatable bonds is 1. The number of epoxide rings is 1. The van der Waals surface area contributed by atoms with E-state index in [-0.39, 0.29) is 6.10 Å². The molecule has 0 N–H and O–H groups in total. The fraction of sp³-hybridized carbons (Fsp3) is 0.263. The van der Waals surface area contributed by atoms with Crippen molar-refractivity contribution >= 4 is 21.5 Å². The van der Waals surface area contributed by atoms with E-state index in [0.717, 1.165) is 19.4 Å². The zero-order valence-electron chi connectivity index (χ0n) is 11.7. The van der Waals surface area contributed by atoms with Crippen LogP contribution in [0.15, 0.2) is 54.6 Å². The van der Waals surface area contributed by atoms with Gasteiger partial charge in [-0.1, -0.05) is 48.5 Å². The number of benzene rings is 3. The molecule has 0 aromatic heterocycles. The van der Waals surface area contributed by atoms with Crippen LogP contribution in [0.3, 0.4) is 0 Å². The maximum atomic E-state index is 6.12. The Labute approximate surface area is 123 Å². The summed E-state index contributed by atoms with van der Waals surface area (Å²) in [6, 6.07) is 19.3. The fourth-order valence-corrected chi connectivity index (χ4v) is 3.73. The zero-order chi connectivity index (χ0) is 13.9. The highest BCUT2D eigenvalue weighted by Gasteiger charge is 2.61. The molecule has 104 valence electrons. The van der Waals surface area contributed by atoms with Crippen LogP contribution in [0.2, 0.25) is 0 Å². The maximum Gasteiger partial charge on any atom is 0.223 e. The van der Waals surface area contributed by atoms with Gasteiger partial charge in [0.05, 0.1) is 6.61 Å². The van der Waals surface area contributed by atoms with Gasteiger partial charge < -0.3 is 9.47 Å². The lowest BCUT2D eigenvalue weighted by atomic mass is 9.90. The Balaban J connectivity index is 1.91. The second-order valence-electron chi connectivity index (χ2n) is 5.96. The minimum atomic E-state index is -0.501. The van der Waals surface area contributed by atoms with Gasteiger partial charge in [-0.25, -0.2) is 0 Å². The predicted molar refractivity (Wildman–Crippen MR) is 83.2 cm³/mol. The molecule has 0 spiro atoms. The van der Waals surface area contributed by atoms with Crippen LogP contribution in [0.1, 0.15) is 18.4 Å². The maximum absolute atomic E-state index is 6.12. The largest absolute Gasteiger partial charge is 0.344 e. The van der Waals surface area contributed by atoms with Crippen molar-refractivity contribution in [2.24, 2.45) is 0 Å². The van der Waals surface area contributed by atoms with E-state index in [2.05, 4.69) is 54.6 Å². The molecule has 0 bridgehead atoms. The molecule has 2 nitrogen and oxygen atoms in total. The Hall–Kier alpha value is -1.90. The lowest BCUT2D eigenvalue weighted by Crippen LogP contribution is -2.23. The monoisotopic (exact) mass is 276 g/mol. The first kappa shape index (κ1) is 11.7. The molecule has 2 fully saturated rings. The molecule has 2 heterocycles. The lowest BCUT2D eigenvalue weighted by Gasteiger charge is -2.22. The van der Waals surface area contributed by atoms with E-state index >= 15 is 0 Å². The summed E-state index contributed by atoms with van der Waals surface area (Å²) in [7, 11) is 0. The highest BCUT2D eigenvalue weighted by molar-refractivity contribution is 6.03. The average Bonchev–Trinajstić information content (AvgIpc) is 3.27. The summed E-state index contributed by atoms with van der Waals surface area (Å²) < 4.78 is 12.2. The normalized spacial score (nSPS) is 27.7. The Bertz CT molecular complexity index is 800. The first-order valence-corrected chi connectivity index (χ1v) is 7.61. The summed E-state index contributed by atoms with van der Waals surface area (Å²) in [5, 5.41) is 5.01. The van der Waals surface area contributed by atoms with E-state index in [1.165, 1.54) is 27.1 Å². The molecule has 2 heteroatoms. The second kappa shape index (κ2) is 4.06. The van der Waals surface area contributed by atoms with Gasteiger partial charge in [0.25, 0.3) is 0 Å². The molecule has 0 amide bonds. The van der Waals surface area contributed by atoms with Crippen LogP contribution >= 0.6 is 0 Å². The van der Waals surface area contributed by atoms with Crippen molar-refractivity contribution in [2.75, 3.05) is 6.61 Å². The summed E-state index contributed by atoms with van der Waals surface area (Å²) in [5.74, 6) is -0.501. The molecular formula is C19H16O2. The van der Waals surface area contributed by atoms with Crippen molar-refractivity contribution in [3.05, 3.63) is 60.2 Å². The molecule has 2 aliphatic heterocycles. The highest BCUT2D eigenvalue weighted by atomic mass is 16.8. The van der Waals surface area contributed by atoms with Crippen molar-refractivity contribution in [1.82, 2.24) is 0 Å². The number of hydrogen-bond acceptors (Lipinski definition) is 2. The SMILES string of the molecule is c1ccc2c(C34OCCCC3O4)c3ccccc3cc2c1. The highest BCUT2D eigenvalue weighted by Crippen LogP contribution is 2.55. The van der Waals surface area contributed by atoms with E-state index in [1.807, 2.05) is 0 Å². The molecule has 2 saturated heterocycles. The van der Waals surface area contributed by atoms with Crippen LogP contribution in [0.25, 0.3) is 21.5 Å². The van der Waals surface area contributed by atoms with Gasteiger partial charge in [-0.05, 0) is 40.5 Å². The summed E-state index contributed by atoms with van der Waals surface area (Å²) >= 11 is 0. The van der Waals surface area contributed by atoms with Crippen LogP contribution in [-0.2, 0) is 15.3 Å². The third kappa shape index (κ3) is 1.55. The quantitative estimate of drug-likeness (QED) is 0.486. The third-order valence-corrected chi connectivity index (χ3v) is 4.73. The number of hydrogen-bond donors (Lipinski definition) is 0. The predicted octanol–water partition coefficient (Wildman–Crippen LogP) is 4.36. The first-order chi connectivity index (χ1) is 10.4. The average molecular weight is 276 g/mol. The summed E-state index contributed by atoms with van der Waals surface area (Å²) in [5.41, 5.74) is 1.22. The Morgan fingerprint density at radius 1 is 0.905 bits per heavy atom. The molecule has 2 unspecified atom stereocenters. The van der Waals surface area contributed by atoms with Gasteiger partial charge in [0.1, 0.15) is 6.10 Å². The van der Waals surface area contributed by atoms with E-state index in [4.69, 9.17) is 9.47 Å². The lowest BCUT2D eigenvalue weighted by molar-refractivity contribution is -0.0525. The van der Waals surface area contributed by atoms with Gasteiger partial charge >= 0.3 is 0 Å². The number of ether oxygens (including phenoxy) is 2. The topological polar surface area (TPSA) is 21.8 Å². The van der Waals surface area contributed by atoms with E-state index in [9.17, 15) is 0 Å². The van der Waals surface area contributed by atoms with Crippen molar-refractivity contribution in [2.45, 2.75) is 24.7 Å². The van der Waals surface area contributed by atoms with Crippen LogP contribution < -0.4 is 0 Å². The van der Waals surface area contributed by atoms with Gasteiger partial charge in [0.15, 0.2) is 0 Å². The number of fused-ring (bicyclic) bond motifs is 3. The van der Waals surface area contributed by atoms with Gasteiger partial charge in [0, 0.05) is 5.56 Å². The van der Waals surface area contributed by atoms with Gasteiger partial charge in [0.2, 0.25) is 5.79 Å². The van der Waals surface area contributed by atoms with Crippen LogP contribution in [0, 0.1) is 0 Å². The first-order valence-electron chi connectivity index (χ1n) is 7.61. The van der Waals surface area contributed by atoms with Crippen molar-refractivity contribution in [3.8, 4) is 0 Å². The Kier molecular flexibility index (Phi) is 2.27. The molecule has 0 saturated carbocycles. The zero-order valence-corrected chi connectivity index (χ0v) is 11.7.